The monoisotopic (exact) mass is 362 g/mol. The highest BCUT2D eigenvalue weighted by molar-refractivity contribution is 8.27. The van der Waals surface area contributed by atoms with E-state index < -0.39 is 0 Å². The van der Waals surface area contributed by atoms with E-state index in [1.165, 1.54) is 31.0 Å². The molecular weight excluding hydrogens is 340 g/mol. The van der Waals surface area contributed by atoms with E-state index in [4.69, 9.17) is 17.0 Å². The first-order valence-electron chi connectivity index (χ1n) is 8.32. The number of amides is 1. The summed E-state index contributed by atoms with van der Waals surface area (Å²) >= 11 is 6.84. The van der Waals surface area contributed by atoms with Crippen molar-refractivity contribution >= 4 is 39.9 Å². The van der Waals surface area contributed by atoms with E-state index in [-0.39, 0.29) is 5.91 Å². The summed E-state index contributed by atoms with van der Waals surface area (Å²) in [6, 6.07) is 8.00. The summed E-state index contributed by atoms with van der Waals surface area (Å²) in [7, 11) is 1.60. The number of likely N-dealkylation sites (tertiary alicyclic amines) is 1. The average Bonchev–Trinajstić information content (AvgIpc) is 2.89. The molecule has 1 atom stereocenters. The first-order chi connectivity index (χ1) is 11.7. The predicted molar refractivity (Wildman–Crippen MR) is 103 cm³/mol. The zero-order valence-electron chi connectivity index (χ0n) is 14.0. The lowest BCUT2D eigenvalue weighted by molar-refractivity contribution is -0.113. The van der Waals surface area contributed by atoms with Crippen LogP contribution in [0.5, 0.6) is 5.75 Å². The number of hydrogen-bond donors (Lipinski definition) is 0. The van der Waals surface area contributed by atoms with Crippen LogP contribution in [0.25, 0.3) is 0 Å². The van der Waals surface area contributed by atoms with Gasteiger partial charge in [0.15, 0.2) is 4.32 Å². The Bertz CT molecular complexity index is 675. The van der Waals surface area contributed by atoms with Crippen molar-refractivity contribution in [2.45, 2.75) is 38.6 Å². The number of carbonyl (C=O) groups is 1. The van der Waals surface area contributed by atoms with Gasteiger partial charge in [0.25, 0.3) is 5.91 Å². The minimum absolute atomic E-state index is 0.0603. The topological polar surface area (TPSA) is 32.8 Å². The van der Waals surface area contributed by atoms with Crippen molar-refractivity contribution in [3.05, 3.63) is 35.4 Å². The Labute approximate surface area is 152 Å². The lowest BCUT2D eigenvalue weighted by atomic mass is 10.0. The van der Waals surface area contributed by atoms with E-state index in [0.717, 1.165) is 13.0 Å². The van der Waals surface area contributed by atoms with Gasteiger partial charge in [-0.2, -0.15) is 0 Å². The summed E-state index contributed by atoms with van der Waals surface area (Å²) in [4.78, 5) is 17.5. The zero-order chi connectivity index (χ0) is 17.1. The van der Waals surface area contributed by atoms with Gasteiger partial charge in [0.05, 0.1) is 17.7 Å². The second-order valence-electron chi connectivity index (χ2n) is 5.97. The first-order valence-corrected chi connectivity index (χ1v) is 9.55. The smallest absolute Gasteiger partial charge is 0.272 e. The van der Waals surface area contributed by atoms with Crippen LogP contribution in [0.1, 0.15) is 32.6 Å². The van der Waals surface area contributed by atoms with E-state index in [0.29, 0.717) is 26.7 Å². The van der Waals surface area contributed by atoms with Gasteiger partial charge in [-0.05, 0) is 37.8 Å². The number of thiocarbonyl (C=S) groups is 1. The molecule has 3 rings (SSSR count). The van der Waals surface area contributed by atoms with Crippen LogP contribution in [0, 0.1) is 0 Å². The van der Waals surface area contributed by atoms with Crippen LogP contribution in [0.2, 0.25) is 0 Å². The molecule has 0 spiro atoms. The van der Waals surface area contributed by atoms with Crippen molar-refractivity contribution < 1.29 is 9.53 Å². The van der Waals surface area contributed by atoms with Crippen LogP contribution in [0.4, 0.5) is 5.69 Å². The molecular formula is C18H22N2O2S2. The van der Waals surface area contributed by atoms with Crippen LogP contribution in [0.3, 0.4) is 0 Å². The normalized spacial score (nSPS) is 23.2. The van der Waals surface area contributed by atoms with Gasteiger partial charge in [-0.25, -0.2) is 0 Å². The van der Waals surface area contributed by atoms with Crippen LogP contribution >= 0.6 is 24.0 Å². The molecule has 128 valence electrons. The number of thioether (sulfide) groups is 1. The third kappa shape index (κ3) is 3.30. The third-order valence-electron chi connectivity index (χ3n) is 4.55. The molecule has 1 amide bonds. The van der Waals surface area contributed by atoms with E-state index in [9.17, 15) is 4.79 Å². The number of benzene rings is 1. The van der Waals surface area contributed by atoms with E-state index >= 15 is 0 Å². The second kappa shape index (κ2) is 7.57. The molecule has 1 aromatic carbocycles. The Kier molecular flexibility index (Phi) is 5.46. The van der Waals surface area contributed by atoms with Gasteiger partial charge >= 0.3 is 0 Å². The van der Waals surface area contributed by atoms with Crippen molar-refractivity contribution in [2.75, 3.05) is 18.6 Å². The Morgan fingerprint density at radius 2 is 2.17 bits per heavy atom. The summed E-state index contributed by atoms with van der Waals surface area (Å²) in [5, 5.41) is 0. The summed E-state index contributed by atoms with van der Waals surface area (Å²) in [6.45, 7) is 3.22. The molecule has 0 N–H and O–H groups in total. The van der Waals surface area contributed by atoms with Crippen LogP contribution < -0.4 is 9.64 Å². The van der Waals surface area contributed by atoms with Crippen molar-refractivity contribution in [1.82, 2.24) is 4.90 Å². The highest BCUT2D eigenvalue weighted by atomic mass is 32.2. The first kappa shape index (κ1) is 17.3. The van der Waals surface area contributed by atoms with Gasteiger partial charge in [-0.15, -0.1) is 0 Å². The van der Waals surface area contributed by atoms with Crippen molar-refractivity contribution in [1.29, 1.82) is 0 Å². The molecule has 4 nitrogen and oxygen atoms in total. The van der Waals surface area contributed by atoms with Crippen molar-refractivity contribution in [3.63, 3.8) is 0 Å². The summed E-state index contributed by atoms with van der Waals surface area (Å²) < 4.78 is 5.94. The maximum absolute atomic E-state index is 12.9. The minimum Gasteiger partial charge on any atom is -0.495 e. The predicted octanol–water partition coefficient (Wildman–Crippen LogP) is 4.17. The van der Waals surface area contributed by atoms with Crippen molar-refractivity contribution in [2.24, 2.45) is 0 Å². The Hall–Kier alpha value is -1.53. The van der Waals surface area contributed by atoms with Crippen LogP contribution in [-0.4, -0.2) is 34.8 Å². The Morgan fingerprint density at radius 1 is 1.38 bits per heavy atom. The Balaban J connectivity index is 1.87. The maximum Gasteiger partial charge on any atom is 0.272 e. The van der Waals surface area contributed by atoms with Crippen LogP contribution in [0.15, 0.2) is 35.4 Å². The summed E-state index contributed by atoms with van der Waals surface area (Å²) in [5.41, 5.74) is 0.705. The highest BCUT2D eigenvalue weighted by Gasteiger charge is 2.35. The third-order valence-corrected chi connectivity index (χ3v) is 5.84. The van der Waals surface area contributed by atoms with Gasteiger partial charge in [-0.3, -0.25) is 9.69 Å². The molecule has 2 aliphatic rings. The fourth-order valence-electron chi connectivity index (χ4n) is 3.26. The zero-order valence-corrected chi connectivity index (χ0v) is 15.7. The number of hydrogen-bond acceptors (Lipinski definition) is 5. The quantitative estimate of drug-likeness (QED) is 0.593. The maximum atomic E-state index is 12.9. The summed E-state index contributed by atoms with van der Waals surface area (Å²) in [5.74, 6) is 0.592. The largest absolute Gasteiger partial charge is 0.495 e. The number of piperidine rings is 1. The molecule has 2 saturated heterocycles. The molecule has 2 heterocycles. The molecule has 0 aliphatic carbocycles. The molecule has 0 aromatic heterocycles. The Morgan fingerprint density at radius 3 is 2.92 bits per heavy atom. The molecule has 0 bridgehead atoms. The molecule has 2 aliphatic heterocycles. The van der Waals surface area contributed by atoms with Gasteiger partial charge in [0.2, 0.25) is 0 Å². The number of methoxy groups -OCH3 is 1. The number of anilines is 1. The van der Waals surface area contributed by atoms with Gasteiger partial charge in [0, 0.05) is 18.8 Å². The minimum atomic E-state index is -0.0603. The SMILES string of the molecule is CC[C@H]1CCCCN1/C=C1\SC(=S)N(c2ccccc2OC)C1=O. The second-order valence-corrected chi connectivity index (χ2v) is 7.65. The van der Waals surface area contributed by atoms with Gasteiger partial charge in [0.1, 0.15) is 5.75 Å². The molecule has 24 heavy (non-hydrogen) atoms. The number of rotatable bonds is 4. The van der Waals surface area contributed by atoms with E-state index in [1.807, 2.05) is 30.5 Å². The molecule has 1 aromatic rings. The lowest BCUT2D eigenvalue weighted by Gasteiger charge is -2.34. The standard InChI is InChI=1S/C18H22N2O2S2/c1-3-13-8-6-7-11-19(13)12-16-17(21)20(18(23)24-16)14-9-4-5-10-15(14)22-2/h4-5,9-10,12-13H,3,6-8,11H2,1-2H3/b16-12-/t13-/m0/s1. The fraction of sp³-hybridized carbons (Fsp3) is 0.444. The van der Waals surface area contributed by atoms with Crippen molar-refractivity contribution in [3.8, 4) is 5.75 Å². The van der Waals surface area contributed by atoms with Gasteiger partial charge in [-0.1, -0.05) is 43.0 Å². The highest BCUT2D eigenvalue weighted by Crippen LogP contribution is 2.39. The van der Waals surface area contributed by atoms with E-state index in [1.54, 1.807) is 12.0 Å². The average molecular weight is 363 g/mol. The number of ether oxygens (including phenoxy) is 1. The van der Waals surface area contributed by atoms with Gasteiger partial charge < -0.3 is 9.64 Å². The molecule has 0 saturated carbocycles. The van der Waals surface area contributed by atoms with Crippen LogP contribution in [-0.2, 0) is 4.79 Å². The number of nitrogens with zero attached hydrogens (tertiary/aromatic N) is 2. The molecule has 2 fully saturated rings. The fourth-order valence-corrected chi connectivity index (χ4v) is 4.54. The van der Waals surface area contributed by atoms with E-state index in [2.05, 4.69) is 11.8 Å². The molecule has 6 heteroatoms. The lowest BCUT2D eigenvalue weighted by Crippen LogP contribution is -2.35. The molecule has 0 radical (unpaired) electrons. The number of carbonyl (C=O) groups excluding carboxylic acids is 1. The summed E-state index contributed by atoms with van der Waals surface area (Å²) in [6.07, 6.45) is 6.76. The molecule has 0 unspecified atom stereocenters. The number of para-hydroxylation sites is 2.